The van der Waals surface area contributed by atoms with E-state index in [2.05, 4.69) is 86.0 Å². The molecule has 0 fully saturated rings. The molecule has 3 nitrogen and oxygen atoms in total. The Morgan fingerprint density at radius 2 is 1.64 bits per heavy atom. The number of ether oxygens (including phenoxy) is 1. The number of imidazole rings is 1. The van der Waals surface area contributed by atoms with E-state index in [0.29, 0.717) is 6.61 Å². The van der Waals surface area contributed by atoms with Crippen molar-refractivity contribution in [1.82, 2.24) is 9.55 Å². The molecular formula is C25H26N2O. The summed E-state index contributed by atoms with van der Waals surface area (Å²) in [5, 5.41) is 0. The zero-order valence-corrected chi connectivity index (χ0v) is 16.8. The van der Waals surface area contributed by atoms with E-state index in [1.165, 1.54) is 22.3 Å². The minimum absolute atomic E-state index is 0.616. The van der Waals surface area contributed by atoms with Crippen molar-refractivity contribution >= 4 is 11.0 Å². The number of benzene rings is 3. The molecule has 0 amide bonds. The van der Waals surface area contributed by atoms with Gasteiger partial charge in [0.25, 0.3) is 0 Å². The molecule has 3 aromatic carbocycles. The van der Waals surface area contributed by atoms with E-state index in [1.807, 2.05) is 6.07 Å². The Hall–Kier alpha value is -3.07. The summed E-state index contributed by atoms with van der Waals surface area (Å²) in [7, 11) is 0. The molecule has 0 bridgehead atoms. The van der Waals surface area contributed by atoms with Crippen molar-refractivity contribution in [3.63, 3.8) is 0 Å². The monoisotopic (exact) mass is 370 g/mol. The molecule has 0 aliphatic rings. The van der Waals surface area contributed by atoms with Gasteiger partial charge in [-0.25, -0.2) is 4.98 Å². The van der Waals surface area contributed by atoms with Gasteiger partial charge in [0.1, 0.15) is 18.2 Å². The van der Waals surface area contributed by atoms with Crippen LogP contribution in [0.1, 0.15) is 28.1 Å². The maximum absolute atomic E-state index is 6.09. The van der Waals surface area contributed by atoms with Crippen LogP contribution in [0.2, 0.25) is 0 Å². The zero-order chi connectivity index (χ0) is 19.5. The molecular weight excluding hydrogens is 344 g/mol. The number of nitrogens with zero attached hydrogens (tertiary/aromatic N) is 2. The van der Waals surface area contributed by atoms with Gasteiger partial charge in [0.2, 0.25) is 0 Å². The number of aryl methyl sites for hydroxylation is 3. The molecule has 4 aromatic rings. The van der Waals surface area contributed by atoms with E-state index in [4.69, 9.17) is 9.72 Å². The van der Waals surface area contributed by atoms with Gasteiger partial charge in [-0.2, -0.15) is 0 Å². The average Bonchev–Trinajstić information content (AvgIpc) is 3.03. The Labute approximate surface area is 166 Å². The minimum Gasteiger partial charge on any atom is -0.491 e. The summed E-state index contributed by atoms with van der Waals surface area (Å²) in [5.41, 5.74) is 7.25. The van der Waals surface area contributed by atoms with E-state index < -0.39 is 0 Å². The molecule has 0 N–H and O–H groups in total. The Kier molecular flexibility index (Phi) is 5.16. The van der Waals surface area contributed by atoms with Crippen LogP contribution in [-0.4, -0.2) is 16.2 Å². The molecule has 142 valence electrons. The van der Waals surface area contributed by atoms with Crippen LogP contribution in [0.3, 0.4) is 0 Å². The van der Waals surface area contributed by atoms with Gasteiger partial charge in [-0.1, -0.05) is 54.1 Å². The van der Waals surface area contributed by atoms with Crippen molar-refractivity contribution < 1.29 is 4.74 Å². The number of rotatable bonds is 6. The summed E-state index contributed by atoms with van der Waals surface area (Å²) < 4.78 is 8.39. The maximum Gasteiger partial charge on any atom is 0.122 e. The van der Waals surface area contributed by atoms with Crippen molar-refractivity contribution in [2.24, 2.45) is 0 Å². The van der Waals surface area contributed by atoms with Crippen LogP contribution in [0.4, 0.5) is 0 Å². The predicted octanol–water partition coefficient (Wildman–Crippen LogP) is 5.63. The highest BCUT2D eigenvalue weighted by Crippen LogP contribution is 2.22. The first kappa shape index (κ1) is 18.3. The second-order valence-corrected chi connectivity index (χ2v) is 7.39. The number of fused-ring (bicyclic) bond motifs is 1. The lowest BCUT2D eigenvalue weighted by atomic mass is 10.1. The standard InChI is InChI=1S/C25H26N2O/c1-18-12-13-24(20(3)16-18)28-15-14-27-23-11-7-6-10-22(23)26-25(27)17-21-9-5-4-8-19(21)2/h4-13,16H,14-15,17H2,1-3H3. The lowest BCUT2D eigenvalue weighted by Gasteiger charge is -2.13. The molecule has 0 atom stereocenters. The highest BCUT2D eigenvalue weighted by atomic mass is 16.5. The molecule has 0 unspecified atom stereocenters. The lowest BCUT2D eigenvalue weighted by Crippen LogP contribution is -2.12. The van der Waals surface area contributed by atoms with Crippen molar-refractivity contribution in [2.45, 2.75) is 33.7 Å². The molecule has 0 aliphatic heterocycles. The summed E-state index contributed by atoms with van der Waals surface area (Å²) in [6.07, 6.45) is 0.824. The van der Waals surface area contributed by atoms with Crippen molar-refractivity contribution in [2.75, 3.05) is 6.61 Å². The fraction of sp³-hybridized carbons (Fsp3) is 0.240. The third kappa shape index (κ3) is 3.79. The smallest absolute Gasteiger partial charge is 0.122 e. The van der Waals surface area contributed by atoms with Gasteiger partial charge < -0.3 is 9.30 Å². The van der Waals surface area contributed by atoms with Gasteiger partial charge >= 0.3 is 0 Å². The van der Waals surface area contributed by atoms with E-state index in [0.717, 1.165) is 35.6 Å². The first-order valence-electron chi connectivity index (χ1n) is 9.80. The quantitative estimate of drug-likeness (QED) is 0.440. The maximum atomic E-state index is 6.09. The zero-order valence-electron chi connectivity index (χ0n) is 16.8. The van der Waals surface area contributed by atoms with Gasteiger partial charge in [-0.3, -0.25) is 0 Å². The van der Waals surface area contributed by atoms with Crippen LogP contribution in [0.15, 0.2) is 66.7 Å². The van der Waals surface area contributed by atoms with E-state index >= 15 is 0 Å². The molecule has 28 heavy (non-hydrogen) atoms. The second kappa shape index (κ2) is 7.89. The third-order valence-corrected chi connectivity index (χ3v) is 5.25. The first-order valence-corrected chi connectivity index (χ1v) is 9.80. The second-order valence-electron chi connectivity index (χ2n) is 7.39. The van der Waals surface area contributed by atoms with Crippen molar-refractivity contribution in [1.29, 1.82) is 0 Å². The van der Waals surface area contributed by atoms with Crippen molar-refractivity contribution in [3.8, 4) is 5.75 Å². The summed E-state index contributed by atoms with van der Waals surface area (Å²) in [6, 6.07) is 23.2. The van der Waals surface area contributed by atoms with Crippen molar-refractivity contribution in [3.05, 3.63) is 94.8 Å². The molecule has 0 aliphatic carbocycles. The molecule has 0 radical (unpaired) electrons. The normalized spacial score (nSPS) is 11.1. The number of aromatic nitrogens is 2. The van der Waals surface area contributed by atoms with Crippen LogP contribution in [0.25, 0.3) is 11.0 Å². The van der Waals surface area contributed by atoms with Gasteiger partial charge in [-0.05, 0) is 55.7 Å². The van der Waals surface area contributed by atoms with Crippen LogP contribution >= 0.6 is 0 Å². The molecule has 3 heteroatoms. The largest absolute Gasteiger partial charge is 0.491 e. The summed E-state index contributed by atoms with van der Waals surface area (Å²) in [5.74, 6) is 2.04. The summed E-state index contributed by atoms with van der Waals surface area (Å²) >= 11 is 0. The summed E-state index contributed by atoms with van der Waals surface area (Å²) in [4.78, 5) is 4.91. The highest BCUT2D eigenvalue weighted by Gasteiger charge is 2.12. The van der Waals surface area contributed by atoms with Gasteiger partial charge in [0, 0.05) is 6.42 Å². The molecule has 1 aromatic heterocycles. The SMILES string of the molecule is Cc1ccc(OCCn2c(Cc3ccccc3C)nc3ccccc32)c(C)c1. The summed E-state index contributed by atoms with van der Waals surface area (Å²) in [6.45, 7) is 7.75. The third-order valence-electron chi connectivity index (χ3n) is 5.25. The van der Waals surface area contributed by atoms with Gasteiger partial charge in [-0.15, -0.1) is 0 Å². The Balaban J connectivity index is 1.59. The average molecular weight is 370 g/mol. The van der Waals surface area contributed by atoms with E-state index in [9.17, 15) is 0 Å². The topological polar surface area (TPSA) is 27.1 Å². The molecule has 0 saturated carbocycles. The van der Waals surface area contributed by atoms with E-state index in [1.54, 1.807) is 0 Å². The van der Waals surface area contributed by atoms with Crippen LogP contribution < -0.4 is 4.74 Å². The molecule has 0 saturated heterocycles. The Morgan fingerprint density at radius 1 is 0.857 bits per heavy atom. The van der Waals surface area contributed by atoms with Gasteiger partial charge in [0.05, 0.1) is 17.6 Å². The number of hydrogen-bond donors (Lipinski definition) is 0. The Morgan fingerprint density at radius 3 is 2.46 bits per heavy atom. The van der Waals surface area contributed by atoms with E-state index in [-0.39, 0.29) is 0 Å². The van der Waals surface area contributed by atoms with Gasteiger partial charge in [0.15, 0.2) is 0 Å². The number of hydrogen-bond acceptors (Lipinski definition) is 2. The fourth-order valence-corrected chi connectivity index (χ4v) is 3.70. The van der Waals surface area contributed by atoms with Crippen LogP contribution in [-0.2, 0) is 13.0 Å². The Bertz CT molecular complexity index is 1110. The molecule has 0 spiro atoms. The fourth-order valence-electron chi connectivity index (χ4n) is 3.70. The molecule has 1 heterocycles. The minimum atomic E-state index is 0.616. The van der Waals surface area contributed by atoms with Crippen LogP contribution in [0, 0.1) is 20.8 Å². The lowest BCUT2D eigenvalue weighted by molar-refractivity contribution is 0.296. The molecule has 4 rings (SSSR count). The first-order chi connectivity index (χ1) is 13.6. The van der Waals surface area contributed by atoms with Crippen LogP contribution in [0.5, 0.6) is 5.75 Å². The predicted molar refractivity (Wildman–Crippen MR) is 115 cm³/mol. The number of para-hydroxylation sites is 2. The highest BCUT2D eigenvalue weighted by molar-refractivity contribution is 5.76.